The molecular formula is C11H19NO. The number of nitrogens with one attached hydrogen (secondary N) is 1. The van der Waals surface area contributed by atoms with Crippen molar-refractivity contribution in [2.24, 2.45) is 11.8 Å². The summed E-state index contributed by atoms with van der Waals surface area (Å²) in [6.45, 7) is 6.58. The number of carbonyl (C=O) groups is 1. The summed E-state index contributed by atoms with van der Waals surface area (Å²) in [4.78, 5) is 11.8. The lowest BCUT2D eigenvalue weighted by atomic mass is 9.79. The van der Waals surface area contributed by atoms with E-state index in [9.17, 15) is 4.79 Å². The van der Waals surface area contributed by atoms with Crippen LogP contribution < -0.4 is 5.32 Å². The normalized spacial score (nSPS) is 50.7. The maximum atomic E-state index is 11.8. The summed E-state index contributed by atoms with van der Waals surface area (Å²) in [6.07, 6.45) is 2.98. The molecule has 0 amide bonds. The van der Waals surface area contributed by atoms with Gasteiger partial charge in [-0.25, -0.2) is 0 Å². The molecule has 0 bridgehead atoms. The first-order chi connectivity index (χ1) is 6.01. The number of hydrogen-bond donors (Lipinski definition) is 1. The minimum atomic E-state index is 0.105. The highest BCUT2D eigenvalue weighted by Gasteiger charge is 2.49. The van der Waals surface area contributed by atoms with E-state index in [4.69, 9.17) is 0 Å². The van der Waals surface area contributed by atoms with Crippen molar-refractivity contribution >= 4 is 5.78 Å². The molecule has 0 aromatic rings. The molecule has 2 aliphatic rings. The lowest BCUT2D eigenvalue weighted by Crippen LogP contribution is -2.57. The molecule has 13 heavy (non-hydrogen) atoms. The van der Waals surface area contributed by atoms with Gasteiger partial charge in [0.05, 0.1) is 0 Å². The third-order valence-corrected chi connectivity index (χ3v) is 3.65. The quantitative estimate of drug-likeness (QED) is 0.616. The van der Waals surface area contributed by atoms with Crippen LogP contribution in [0.4, 0.5) is 0 Å². The van der Waals surface area contributed by atoms with Gasteiger partial charge in [-0.15, -0.1) is 0 Å². The van der Waals surface area contributed by atoms with E-state index >= 15 is 0 Å². The van der Waals surface area contributed by atoms with Crippen LogP contribution in [0.1, 0.15) is 40.0 Å². The Morgan fingerprint density at radius 2 is 2.15 bits per heavy atom. The minimum Gasteiger partial charge on any atom is -0.308 e. The highest BCUT2D eigenvalue weighted by atomic mass is 16.1. The Bertz CT molecular complexity index is 238. The van der Waals surface area contributed by atoms with Crippen LogP contribution in [0.2, 0.25) is 0 Å². The minimum absolute atomic E-state index is 0.105. The summed E-state index contributed by atoms with van der Waals surface area (Å²) < 4.78 is 0. The lowest BCUT2D eigenvalue weighted by Gasteiger charge is -2.39. The molecule has 4 atom stereocenters. The van der Waals surface area contributed by atoms with Crippen LogP contribution in [-0.4, -0.2) is 17.4 Å². The van der Waals surface area contributed by atoms with Crippen LogP contribution >= 0.6 is 0 Å². The van der Waals surface area contributed by atoms with Gasteiger partial charge < -0.3 is 5.32 Å². The Hall–Kier alpha value is -0.370. The van der Waals surface area contributed by atoms with Crippen LogP contribution in [0.3, 0.4) is 0 Å². The number of hydrogen-bond acceptors (Lipinski definition) is 2. The summed E-state index contributed by atoms with van der Waals surface area (Å²) in [6, 6.07) is 0.374. The van der Waals surface area contributed by atoms with Crippen molar-refractivity contribution in [3.8, 4) is 0 Å². The highest BCUT2D eigenvalue weighted by molar-refractivity contribution is 5.84. The van der Waals surface area contributed by atoms with Gasteiger partial charge in [0.1, 0.15) is 5.78 Å². The molecule has 4 unspecified atom stereocenters. The van der Waals surface area contributed by atoms with Gasteiger partial charge in [-0.2, -0.15) is 0 Å². The number of fused-ring (bicyclic) bond motifs is 1. The van der Waals surface area contributed by atoms with E-state index in [-0.39, 0.29) is 5.54 Å². The molecule has 1 aliphatic heterocycles. The van der Waals surface area contributed by atoms with E-state index in [1.54, 1.807) is 0 Å². The average Bonchev–Trinajstić information content (AvgIpc) is 2.23. The fourth-order valence-corrected chi connectivity index (χ4v) is 3.32. The zero-order valence-electron chi connectivity index (χ0n) is 8.76. The maximum Gasteiger partial charge on any atom is 0.139 e. The van der Waals surface area contributed by atoms with Gasteiger partial charge in [0.15, 0.2) is 0 Å². The van der Waals surface area contributed by atoms with Gasteiger partial charge in [-0.05, 0) is 32.6 Å². The van der Waals surface area contributed by atoms with Crippen LogP contribution in [0.15, 0.2) is 0 Å². The van der Waals surface area contributed by atoms with Gasteiger partial charge in [0.2, 0.25) is 0 Å². The first-order valence-corrected chi connectivity index (χ1v) is 5.31. The van der Waals surface area contributed by atoms with Crippen LogP contribution in [-0.2, 0) is 4.79 Å². The fourth-order valence-electron chi connectivity index (χ4n) is 3.32. The lowest BCUT2D eigenvalue weighted by molar-refractivity contribution is -0.127. The number of ketones is 1. The molecule has 1 N–H and O–H groups in total. The number of Topliss-reactive ketones (excluding diaryl/α,β-unsaturated/α-hetero) is 1. The van der Waals surface area contributed by atoms with Gasteiger partial charge >= 0.3 is 0 Å². The standard InChI is InChI=1S/C11H19NO/c1-7-4-9-10(13)5-8(2)12-11(9,3)6-7/h7-9,12H,4-6H2,1-3H3. The molecule has 2 fully saturated rings. The van der Waals surface area contributed by atoms with E-state index < -0.39 is 0 Å². The van der Waals surface area contributed by atoms with Crippen molar-refractivity contribution in [2.45, 2.75) is 51.6 Å². The topological polar surface area (TPSA) is 29.1 Å². The number of carbonyl (C=O) groups excluding carboxylic acids is 1. The molecule has 1 saturated carbocycles. The Labute approximate surface area is 80.1 Å². The zero-order chi connectivity index (χ0) is 9.64. The van der Waals surface area contributed by atoms with E-state index in [0.717, 1.165) is 19.3 Å². The second-order valence-corrected chi connectivity index (χ2v) is 5.23. The van der Waals surface area contributed by atoms with Crippen LogP contribution in [0.5, 0.6) is 0 Å². The molecule has 1 saturated heterocycles. The Kier molecular flexibility index (Phi) is 1.99. The van der Waals surface area contributed by atoms with Gasteiger partial charge in [-0.1, -0.05) is 6.92 Å². The third kappa shape index (κ3) is 1.41. The first kappa shape index (κ1) is 9.20. The molecule has 0 aromatic carbocycles. The maximum absolute atomic E-state index is 11.8. The van der Waals surface area contributed by atoms with Crippen molar-refractivity contribution in [1.82, 2.24) is 5.32 Å². The summed E-state index contributed by atoms with van der Waals surface area (Å²) in [5, 5.41) is 3.59. The van der Waals surface area contributed by atoms with Crippen molar-refractivity contribution in [3.05, 3.63) is 0 Å². The summed E-state index contributed by atoms with van der Waals surface area (Å²) in [5.74, 6) is 1.48. The molecule has 0 radical (unpaired) electrons. The van der Waals surface area contributed by atoms with Gasteiger partial charge in [0.25, 0.3) is 0 Å². The molecule has 1 heterocycles. The molecule has 2 heteroatoms. The number of rotatable bonds is 0. The number of piperidine rings is 1. The third-order valence-electron chi connectivity index (χ3n) is 3.65. The molecule has 0 aromatic heterocycles. The molecule has 74 valence electrons. The average molecular weight is 181 g/mol. The van der Waals surface area contributed by atoms with Crippen LogP contribution in [0.25, 0.3) is 0 Å². The highest BCUT2D eigenvalue weighted by Crippen LogP contribution is 2.43. The van der Waals surface area contributed by atoms with E-state index in [1.807, 2.05) is 0 Å². The Morgan fingerprint density at radius 3 is 2.85 bits per heavy atom. The van der Waals surface area contributed by atoms with E-state index in [1.165, 1.54) is 0 Å². The summed E-state index contributed by atoms with van der Waals surface area (Å²) >= 11 is 0. The van der Waals surface area contributed by atoms with E-state index in [0.29, 0.717) is 23.7 Å². The molecule has 2 nitrogen and oxygen atoms in total. The second-order valence-electron chi connectivity index (χ2n) is 5.23. The molecule has 1 aliphatic carbocycles. The molecule has 2 rings (SSSR count). The SMILES string of the molecule is CC1CC2C(=O)CC(C)NC2(C)C1. The van der Waals surface area contributed by atoms with Crippen molar-refractivity contribution in [3.63, 3.8) is 0 Å². The predicted molar refractivity (Wildman–Crippen MR) is 52.5 cm³/mol. The van der Waals surface area contributed by atoms with E-state index in [2.05, 4.69) is 26.1 Å². The predicted octanol–water partition coefficient (Wildman–Crippen LogP) is 1.74. The molecule has 0 spiro atoms. The van der Waals surface area contributed by atoms with Crippen LogP contribution in [0, 0.1) is 11.8 Å². The van der Waals surface area contributed by atoms with Gasteiger partial charge in [0, 0.05) is 23.9 Å². The Morgan fingerprint density at radius 1 is 1.46 bits per heavy atom. The van der Waals surface area contributed by atoms with Crippen molar-refractivity contribution < 1.29 is 4.79 Å². The Balaban J connectivity index is 2.23. The van der Waals surface area contributed by atoms with Gasteiger partial charge in [-0.3, -0.25) is 4.79 Å². The molecular weight excluding hydrogens is 162 g/mol. The zero-order valence-corrected chi connectivity index (χ0v) is 8.76. The van der Waals surface area contributed by atoms with Crippen molar-refractivity contribution in [2.75, 3.05) is 0 Å². The van der Waals surface area contributed by atoms with Crippen molar-refractivity contribution in [1.29, 1.82) is 0 Å². The monoisotopic (exact) mass is 181 g/mol. The first-order valence-electron chi connectivity index (χ1n) is 5.31. The fraction of sp³-hybridized carbons (Fsp3) is 0.909. The smallest absolute Gasteiger partial charge is 0.139 e. The summed E-state index contributed by atoms with van der Waals surface area (Å²) in [5.41, 5.74) is 0.105. The summed E-state index contributed by atoms with van der Waals surface area (Å²) in [7, 11) is 0. The largest absolute Gasteiger partial charge is 0.308 e. The second kappa shape index (κ2) is 2.81.